The van der Waals surface area contributed by atoms with Gasteiger partial charge in [0.1, 0.15) is 5.75 Å². The highest BCUT2D eigenvalue weighted by Gasteiger charge is 2.10. The Hall–Kier alpha value is -1.62. The molecule has 5 heteroatoms. The van der Waals surface area contributed by atoms with Crippen LogP contribution in [-0.2, 0) is 4.79 Å². The Morgan fingerprint density at radius 2 is 2.19 bits per heavy atom. The fourth-order valence-electron chi connectivity index (χ4n) is 1.23. The normalized spacial score (nSPS) is 10.9. The van der Waals surface area contributed by atoms with E-state index in [9.17, 15) is 9.59 Å². The van der Waals surface area contributed by atoms with Crippen LogP contribution in [0.3, 0.4) is 0 Å². The standard InChI is InChI=1S/C11H11NO3S/c1-6(2)10(13)15-7-3-4-9-8(5-7)12-11(14)16-9/h3-6H,1-2H3,(H,12,14). The molecule has 0 bridgehead atoms. The molecule has 0 aliphatic carbocycles. The molecule has 84 valence electrons. The molecule has 1 heterocycles. The first-order valence-electron chi connectivity index (χ1n) is 4.91. The molecule has 0 spiro atoms. The minimum atomic E-state index is -0.281. The largest absolute Gasteiger partial charge is 0.426 e. The molecular weight excluding hydrogens is 226 g/mol. The molecule has 0 radical (unpaired) electrons. The van der Waals surface area contributed by atoms with Gasteiger partial charge in [0.05, 0.1) is 16.1 Å². The van der Waals surface area contributed by atoms with E-state index in [-0.39, 0.29) is 16.8 Å². The lowest BCUT2D eigenvalue weighted by Crippen LogP contribution is -2.14. The molecule has 2 aromatic rings. The zero-order valence-electron chi connectivity index (χ0n) is 8.94. The van der Waals surface area contributed by atoms with Crippen LogP contribution in [0.2, 0.25) is 0 Å². The van der Waals surface area contributed by atoms with Crippen LogP contribution in [0.25, 0.3) is 10.2 Å². The molecule has 2 rings (SSSR count). The van der Waals surface area contributed by atoms with Gasteiger partial charge in [0.15, 0.2) is 0 Å². The van der Waals surface area contributed by atoms with Gasteiger partial charge in [0.2, 0.25) is 0 Å². The number of aromatic amines is 1. The fraction of sp³-hybridized carbons (Fsp3) is 0.273. The van der Waals surface area contributed by atoms with Crippen LogP contribution in [-0.4, -0.2) is 11.0 Å². The lowest BCUT2D eigenvalue weighted by atomic mass is 10.2. The maximum Gasteiger partial charge on any atom is 0.313 e. The first-order chi connectivity index (χ1) is 7.56. The van der Waals surface area contributed by atoms with Crippen molar-refractivity contribution in [1.29, 1.82) is 0 Å². The number of ether oxygens (including phenoxy) is 1. The molecule has 0 atom stereocenters. The van der Waals surface area contributed by atoms with Gasteiger partial charge in [-0.15, -0.1) is 0 Å². The Kier molecular flexibility index (Phi) is 2.78. The van der Waals surface area contributed by atoms with Gasteiger partial charge in [-0.3, -0.25) is 9.59 Å². The van der Waals surface area contributed by atoms with Crippen molar-refractivity contribution in [2.24, 2.45) is 5.92 Å². The number of nitrogens with one attached hydrogen (secondary N) is 1. The summed E-state index contributed by atoms with van der Waals surface area (Å²) in [5.74, 6) is 0.00870. The highest BCUT2D eigenvalue weighted by molar-refractivity contribution is 7.16. The lowest BCUT2D eigenvalue weighted by molar-refractivity contribution is -0.137. The summed E-state index contributed by atoms with van der Waals surface area (Å²) in [5, 5.41) is 0. The van der Waals surface area contributed by atoms with Crippen molar-refractivity contribution in [3.8, 4) is 5.75 Å². The molecule has 0 amide bonds. The molecule has 0 fully saturated rings. The maximum absolute atomic E-state index is 11.4. The van der Waals surface area contributed by atoms with Gasteiger partial charge in [-0.1, -0.05) is 25.2 Å². The lowest BCUT2D eigenvalue weighted by Gasteiger charge is -2.05. The second kappa shape index (κ2) is 4.09. The van der Waals surface area contributed by atoms with E-state index in [1.54, 1.807) is 32.0 Å². The molecule has 0 aliphatic heterocycles. The molecule has 0 aliphatic rings. The Labute approximate surface area is 95.9 Å². The highest BCUT2D eigenvalue weighted by atomic mass is 32.1. The van der Waals surface area contributed by atoms with Crippen LogP contribution in [0.1, 0.15) is 13.8 Å². The van der Waals surface area contributed by atoms with Gasteiger partial charge < -0.3 is 9.72 Å². The average Bonchev–Trinajstić information content (AvgIpc) is 2.57. The summed E-state index contributed by atoms with van der Waals surface area (Å²) in [6, 6.07) is 5.11. The average molecular weight is 237 g/mol. The highest BCUT2D eigenvalue weighted by Crippen LogP contribution is 2.21. The van der Waals surface area contributed by atoms with Crippen LogP contribution in [0.4, 0.5) is 0 Å². The number of aromatic nitrogens is 1. The molecular formula is C11H11NO3S. The van der Waals surface area contributed by atoms with Crippen molar-refractivity contribution in [3.63, 3.8) is 0 Å². The van der Waals surface area contributed by atoms with Crippen LogP contribution in [0.5, 0.6) is 5.75 Å². The summed E-state index contributed by atoms with van der Waals surface area (Å²) >= 11 is 1.13. The Bertz CT molecular complexity index is 582. The van der Waals surface area contributed by atoms with Crippen molar-refractivity contribution >= 4 is 27.5 Å². The van der Waals surface area contributed by atoms with Crippen molar-refractivity contribution in [2.75, 3.05) is 0 Å². The third kappa shape index (κ3) is 2.14. The molecule has 0 saturated carbocycles. The number of rotatable bonds is 2. The Morgan fingerprint density at radius 1 is 1.44 bits per heavy atom. The molecule has 0 unspecified atom stereocenters. The van der Waals surface area contributed by atoms with Gasteiger partial charge in [-0.05, 0) is 12.1 Å². The van der Waals surface area contributed by atoms with Crippen LogP contribution in [0.15, 0.2) is 23.0 Å². The molecule has 16 heavy (non-hydrogen) atoms. The predicted molar refractivity (Wildman–Crippen MR) is 62.9 cm³/mol. The van der Waals surface area contributed by atoms with Gasteiger partial charge in [-0.25, -0.2) is 0 Å². The number of benzene rings is 1. The van der Waals surface area contributed by atoms with Crippen molar-refractivity contribution in [3.05, 3.63) is 27.9 Å². The van der Waals surface area contributed by atoms with E-state index in [1.165, 1.54) is 0 Å². The SMILES string of the molecule is CC(C)C(=O)Oc1ccc2sc(=O)[nH]c2c1. The van der Waals surface area contributed by atoms with Crippen molar-refractivity contribution in [2.45, 2.75) is 13.8 Å². The van der Waals surface area contributed by atoms with Gasteiger partial charge >= 0.3 is 10.8 Å². The number of hydrogen-bond donors (Lipinski definition) is 1. The zero-order chi connectivity index (χ0) is 11.7. The predicted octanol–water partition coefficient (Wildman–Crippen LogP) is 2.15. The third-order valence-corrected chi connectivity index (χ3v) is 2.94. The van der Waals surface area contributed by atoms with Crippen molar-refractivity contribution in [1.82, 2.24) is 4.98 Å². The smallest absolute Gasteiger partial charge is 0.313 e. The maximum atomic E-state index is 11.4. The number of esters is 1. The van der Waals surface area contributed by atoms with E-state index in [4.69, 9.17) is 4.74 Å². The number of carbonyl (C=O) groups excluding carboxylic acids is 1. The van der Waals surface area contributed by atoms with Crippen LogP contribution in [0, 0.1) is 5.92 Å². The summed E-state index contributed by atoms with van der Waals surface area (Å²) in [6.45, 7) is 3.54. The number of H-pyrrole nitrogens is 1. The van der Waals surface area contributed by atoms with Gasteiger partial charge in [0, 0.05) is 6.07 Å². The summed E-state index contributed by atoms with van der Waals surface area (Å²) in [7, 11) is 0. The minimum absolute atomic E-state index is 0.109. The fourth-order valence-corrected chi connectivity index (χ4v) is 1.95. The van der Waals surface area contributed by atoms with Gasteiger partial charge in [-0.2, -0.15) is 0 Å². The molecule has 4 nitrogen and oxygen atoms in total. The van der Waals surface area contributed by atoms with E-state index in [2.05, 4.69) is 4.98 Å². The molecule has 0 saturated heterocycles. The number of thiazole rings is 1. The van der Waals surface area contributed by atoms with E-state index in [0.29, 0.717) is 11.3 Å². The first kappa shape index (κ1) is 10.9. The van der Waals surface area contributed by atoms with E-state index >= 15 is 0 Å². The number of fused-ring (bicyclic) bond motifs is 1. The Morgan fingerprint density at radius 3 is 2.88 bits per heavy atom. The summed E-state index contributed by atoms with van der Waals surface area (Å²) in [6.07, 6.45) is 0. The van der Waals surface area contributed by atoms with Crippen LogP contribution < -0.4 is 9.61 Å². The zero-order valence-corrected chi connectivity index (χ0v) is 9.76. The van der Waals surface area contributed by atoms with E-state index in [1.807, 2.05) is 0 Å². The first-order valence-corrected chi connectivity index (χ1v) is 5.72. The number of carbonyl (C=O) groups is 1. The monoisotopic (exact) mass is 237 g/mol. The summed E-state index contributed by atoms with van der Waals surface area (Å²) < 4.78 is 5.99. The van der Waals surface area contributed by atoms with Crippen LogP contribution >= 0.6 is 11.3 Å². The Balaban J connectivity index is 2.32. The van der Waals surface area contributed by atoms with Crippen molar-refractivity contribution < 1.29 is 9.53 Å². The second-order valence-corrected chi connectivity index (χ2v) is 4.76. The quantitative estimate of drug-likeness (QED) is 0.643. The second-order valence-electron chi connectivity index (χ2n) is 3.75. The topological polar surface area (TPSA) is 59.2 Å². The third-order valence-electron chi connectivity index (χ3n) is 2.08. The molecule has 1 aromatic carbocycles. The number of hydrogen-bond acceptors (Lipinski definition) is 4. The van der Waals surface area contributed by atoms with Gasteiger partial charge in [0.25, 0.3) is 0 Å². The van der Waals surface area contributed by atoms with E-state index in [0.717, 1.165) is 16.0 Å². The minimum Gasteiger partial charge on any atom is -0.426 e. The molecule has 1 N–H and O–H groups in total. The summed E-state index contributed by atoms with van der Waals surface area (Å²) in [4.78, 5) is 25.0. The molecule has 1 aromatic heterocycles. The summed E-state index contributed by atoms with van der Waals surface area (Å²) in [5.41, 5.74) is 0.698. The van der Waals surface area contributed by atoms with E-state index < -0.39 is 0 Å².